The second-order valence-corrected chi connectivity index (χ2v) is 5.44. The van der Waals surface area contributed by atoms with E-state index in [2.05, 4.69) is 15.5 Å². The van der Waals surface area contributed by atoms with Crippen LogP contribution in [0.5, 0.6) is 0 Å². The number of aromatic amines is 1. The number of nitrogens with one attached hydrogen (secondary N) is 2. The highest BCUT2D eigenvalue weighted by Crippen LogP contribution is 2.35. The van der Waals surface area contributed by atoms with Gasteiger partial charge >= 0.3 is 0 Å². The third-order valence-corrected chi connectivity index (χ3v) is 4.24. The zero-order valence-corrected chi connectivity index (χ0v) is 11.3. The van der Waals surface area contributed by atoms with Crippen LogP contribution in [0.3, 0.4) is 0 Å². The van der Waals surface area contributed by atoms with Crippen molar-refractivity contribution in [2.75, 3.05) is 11.1 Å². The first-order valence-corrected chi connectivity index (χ1v) is 6.98. The predicted octanol–water partition coefficient (Wildman–Crippen LogP) is 1.89. The lowest BCUT2D eigenvalue weighted by atomic mass is 10.1. The van der Waals surface area contributed by atoms with E-state index in [0.29, 0.717) is 12.3 Å². The number of carbonyl (C=O) groups excluding carboxylic acids is 1. The molecule has 1 aromatic heterocycles. The van der Waals surface area contributed by atoms with Crippen LogP contribution in [0.2, 0.25) is 0 Å². The molecule has 0 saturated carbocycles. The Morgan fingerprint density at radius 3 is 3.11 bits per heavy atom. The predicted molar refractivity (Wildman–Crippen MR) is 76.0 cm³/mol. The molecule has 2 heterocycles. The number of nitrogens with two attached hydrogens (primary N) is 1. The van der Waals surface area contributed by atoms with Crippen LogP contribution in [0, 0.1) is 6.92 Å². The van der Waals surface area contributed by atoms with E-state index in [0.717, 1.165) is 33.1 Å². The van der Waals surface area contributed by atoms with Crippen LogP contribution in [-0.4, -0.2) is 21.9 Å². The molecule has 19 heavy (non-hydrogen) atoms. The number of nitrogens with zero attached hydrogens (tertiary/aromatic N) is 1. The molecule has 0 radical (unpaired) electrons. The van der Waals surface area contributed by atoms with Crippen LogP contribution in [-0.2, 0) is 11.3 Å². The van der Waals surface area contributed by atoms with Gasteiger partial charge in [-0.25, -0.2) is 0 Å². The summed E-state index contributed by atoms with van der Waals surface area (Å²) in [5.41, 5.74) is 10.4. The number of benzene rings is 1. The minimum absolute atomic E-state index is 0.0342. The maximum atomic E-state index is 11.4. The van der Waals surface area contributed by atoms with Gasteiger partial charge in [0.15, 0.2) is 0 Å². The second-order valence-electron chi connectivity index (χ2n) is 4.43. The number of H-pyrrole nitrogens is 1. The lowest BCUT2D eigenvalue weighted by molar-refractivity contribution is -0.113. The molecule has 0 saturated heterocycles. The van der Waals surface area contributed by atoms with Gasteiger partial charge in [-0.15, -0.1) is 11.8 Å². The van der Waals surface area contributed by atoms with Crippen LogP contribution in [0.25, 0.3) is 11.3 Å². The topological polar surface area (TPSA) is 83.8 Å². The van der Waals surface area contributed by atoms with Crippen molar-refractivity contribution >= 4 is 23.4 Å². The minimum atomic E-state index is 0.0342. The number of anilines is 1. The van der Waals surface area contributed by atoms with Crippen molar-refractivity contribution in [2.45, 2.75) is 18.4 Å². The molecule has 0 spiro atoms. The molecule has 1 aliphatic heterocycles. The highest BCUT2D eigenvalue weighted by atomic mass is 32.2. The van der Waals surface area contributed by atoms with E-state index in [9.17, 15) is 4.79 Å². The van der Waals surface area contributed by atoms with Crippen LogP contribution < -0.4 is 11.1 Å². The summed E-state index contributed by atoms with van der Waals surface area (Å²) in [5.74, 6) is 0.508. The maximum absolute atomic E-state index is 11.4. The van der Waals surface area contributed by atoms with Gasteiger partial charge in [0.25, 0.3) is 0 Å². The number of rotatable bonds is 2. The quantitative estimate of drug-likeness (QED) is 0.781. The van der Waals surface area contributed by atoms with Crippen molar-refractivity contribution in [1.82, 2.24) is 10.2 Å². The van der Waals surface area contributed by atoms with Crippen molar-refractivity contribution < 1.29 is 4.79 Å². The van der Waals surface area contributed by atoms with Crippen molar-refractivity contribution in [3.05, 3.63) is 29.5 Å². The Bertz CT molecular complexity index is 650. The van der Waals surface area contributed by atoms with Gasteiger partial charge in [-0.3, -0.25) is 9.89 Å². The third kappa shape index (κ3) is 2.13. The van der Waals surface area contributed by atoms with E-state index in [1.54, 1.807) is 11.8 Å². The Hall–Kier alpha value is -1.79. The number of fused-ring (bicyclic) bond motifs is 1. The zero-order valence-electron chi connectivity index (χ0n) is 10.5. The minimum Gasteiger partial charge on any atom is -0.326 e. The average Bonchev–Trinajstić information content (AvgIpc) is 2.79. The SMILES string of the molecule is Cc1[nH]nc(-c2ccc3c(c2)NC(=O)CS3)c1CN. The molecule has 1 amide bonds. The summed E-state index contributed by atoms with van der Waals surface area (Å²) < 4.78 is 0. The molecule has 6 heteroatoms. The summed E-state index contributed by atoms with van der Waals surface area (Å²) in [6, 6.07) is 5.98. The van der Waals surface area contributed by atoms with E-state index in [1.807, 2.05) is 25.1 Å². The van der Waals surface area contributed by atoms with Crippen LogP contribution in [0.1, 0.15) is 11.3 Å². The van der Waals surface area contributed by atoms with Crippen molar-refractivity contribution in [2.24, 2.45) is 5.73 Å². The number of aromatic nitrogens is 2. The van der Waals surface area contributed by atoms with Gasteiger partial charge in [0.05, 0.1) is 17.1 Å². The molecule has 0 aliphatic carbocycles. The van der Waals surface area contributed by atoms with Crippen molar-refractivity contribution in [1.29, 1.82) is 0 Å². The lowest BCUT2D eigenvalue weighted by Crippen LogP contribution is -2.18. The number of hydrogen-bond donors (Lipinski definition) is 3. The van der Waals surface area contributed by atoms with Gasteiger partial charge in [-0.05, 0) is 19.1 Å². The molecule has 2 aromatic rings. The highest BCUT2D eigenvalue weighted by Gasteiger charge is 2.17. The summed E-state index contributed by atoms with van der Waals surface area (Å²) in [6.45, 7) is 2.39. The molecule has 0 bridgehead atoms. The largest absolute Gasteiger partial charge is 0.326 e. The fourth-order valence-corrected chi connectivity index (χ4v) is 2.96. The number of thioether (sulfide) groups is 1. The smallest absolute Gasteiger partial charge is 0.234 e. The van der Waals surface area contributed by atoms with Gasteiger partial charge < -0.3 is 11.1 Å². The van der Waals surface area contributed by atoms with Crippen LogP contribution >= 0.6 is 11.8 Å². The van der Waals surface area contributed by atoms with Gasteiger partial charge in [-0.2, -0.15) is 5.10 Å². The average molecular weight is 274 g/mol. The monoisotopic (exact) mass is 274 g/mol. The summed E-state index contributed by atoms with van der Waals surface area (Å²) in [4.78, 5) is 12.5. The Morgan fingerprint density at radius 2 is 2.32 bits per heavy atom. The zero-order chi connectivity index (χ0) is 13.4. The summed E-state index contributed by atoms with van der Waals surface area (Å²) in [5, 5.41) is 10.1. The molecule has 4 N–H and O–H groups in total. The second kappa shape index (κ2) is 4.71. The van der Waals surface area contributed by atoms with Crippen LogP contribution in [0.15, 0.2) is 23.1 Å². The van der Waals surface area contributed by atoms with E-state index in [1.165, 1.54) is 0 Å². The summed E-state index contributed by atoms with van der Waals surface area (Å²) in [6.07, 6.45) is 0. The first-order chi connectivity index (χ1) is 9.19. The van der Waals surface area contributed by atoms with Crippen molar-refractivity contribution in [3.63, 3.8) is 0 Å². The summed E-state index contributed by atoms with van der Waals surface area (Å²) >= 11 is 1.55. The Kier molecular flexibility index (Phi) is 3.04. The van der Waals surface area contributed by atoms with Gasteiger partial charge in [-0.1, -0.05) is 6.07 Å². The van der Waals surface area contributed by atoms with Gasteiger partial charge in [0, 0.05) is 28.3 Å². The van der Waals surface area contributed by atoms with E-state index in [-0.39, 0.29) is 5.91 Å². The fraction of sp³-hybridized carbons (Fsp3) is 0.231. The molecule has 0 unspecified atom stereocenters. The van der Waals surface area contributed by atoms with E-state index in [4.69, 9.17) is 5.73 Å². The highest BCUT2D eigenvalue weighted by molar-refractivity contribution is 8.00. The summed E-state index contributed by atoms with van der Waals surface area (Å²) in [7, 11) is 0. The molecular weight excluding hydrogens is 260 g/mol. The third-order valence-electron chi connectivity index (χ3n) is 3.16. The molecule has 0 fully saturated rings. The Balaban J connectivity index is 2.06. The lowest BCUT2D eigenvalue weighted by Gasteiger charge is -2.16. The molecule has 3 rings (SSSR count). The van der Waals surface area contributed by atoms with E-state index >= 15 is 0 Å². The van der Waals surface area contributed by atoms with Gasteiger partial charge in [0.1, 0.15) is 0 Å². The Labute approximate surface area is 115 Å². The number of amides is 1. The van der Waals surface area contributed by atoms with Crippen LogP contribution in [0.4, 0.5) is 5.69 Å². The standard InChI is InChI=1S/C13H14N4OS/c1-7-9(5-14)13(17-16-7)8-2-3-11-10(4-8)15-12(18)6-19-11/h2-4H,5-6,14H2,1H3,(H,15,18)(H,16,17). The fourth-order valence-electron chi connectivity index (χ4n) is 2.17. The molecule has 0 atom stereocenters. The normalized spacial score (nSPS) is 14.1. The Morgan fingerprint density at radius 1 is 1.47 bits per heavy atom. The molecule has 98 valence electrons. The molecule has 1 aliphatic rings. The van der Waals surface area contributed by atoms with Crippen molar-refractivity contribution in [3.8, 4) is 11.3 Å². The van der Waals surface area contributed by atoms with E-state index < -0.39 is 0 Å². The molecule has 1 aromatic carbocycles. The maximum Gasteiger partial charge on any atom is 0.234 e. The first kappa shape index (κ1) is 12.3. The number of carbonyl (C=O) groups is 1. The molecular formula is C13H14N4OS. The van der Waals surface area contributed by atoms with Gasteiger partial charge in [0.2, 0.25) is 5.91 Å². The molecule has 5 nitrogen and oxygen atoms in total. The number of aryl methyl sites for hydroxylation is 1. The first-order valence-electron chi connectivity index (χ1n) is 6.00. The number of hydrogen-bond acceptors (Lipinski definition) is 4.